The second-order valence-corrected chi connectivity index (χ2v) is 6.10. The van der Waals surface area contributed by atoms with Gasteiger partial charge in [-0.05, 0) is 29.9 Å². The van der Waals surface area contributed by atoms with Crippen LogP contribution in [0.15, 0.2) is 24.3 Å². The quantitative estimate of drug-likeness (QED) is 0.831. The summed E-state index contributed by atoms with van der Waals surface area (Å²) in [6.07, 6.45) is -4.46. The van der Waals surface area contributed by atoms with Gasteiger partial charge < -0.3 is 15.2 Å². The monoisotopic (exact) mass is 345 g/mol. The molecule has 8 heteroatoms. The minimum absolute atomic E-state index is 0.298. The second-order valence-electron chi connectivity index (χ2n) is 6.10. The van der Waals surface area contributed by atoms with Gasteiger partial charge >= 0.3 is 12.3 Å². The smallest absolute Gasteiger partial charge is 0.480 e. The number of carboxylic acids is 1. The normalized spacial score (nSPS) is 21.2. The number of nitrogens with one attached hydrogen (secondary N) is 1. The molecule has 1 aliphatic rings. The van der Waals surface area contributed by atoms with E-state index in [4.69, 9.17) is 5.11 Å². The van der Waals surface area contributed by atoms with Crippen LogP contribution in [0.4, 0.5) is 13.2 Å². The number of benzene rings is 1. The second kappa shape index (κ2) is 6.70. The number of halogens is 3. The first kappa shape index (κ1) is 18.1. The van der Waals surface area contributed by atoms with E-state index in [1.807, 2.05) is 0 Å². The maximum Gasteiger partial charge on any atom is 0.573 e. The first-order valence-corrected chi connectivity index (χ1v) is 7.48. The lowest BCUT2D eigenvalue weighted by molar-refractivity contribution is -0.274. The van der Waals surface area contributed by atoms with Gasteiger partial charge in [0.25, 0.3) is 0 Å². The van der Waals surface area contributed by atoms with E-state index in [0.29, 0.717) is 12.0 Å². The lowest BCUT2D eigenvalue weighted by Gasteiger charge is -2.18. The Labute approximate surface area is 136 Å². The third-order valence-corrected chi connectivity index (χ3v) is 3.90. The van der Waals surface area contributed by atoms with Crippen molar-refractivity contribution in [3.8, 4) is 5.75 Å². The Hall–Kier alpha value is -2.25. The Balaban J connectivity index is 2.07. The fraction of sp³-hybridized carbons (Fsp3) is 0.500. The van der Waals surface area contributed by atoms with Gasteiger partial charge in [0.2, 0.25) is 5.91 Å². The van der Waals surface area contributed by atoms with Gasteiger partial charge in [0.15, 0.2) is 0 Å². The fourth-order valence-electron chi connectivity index (χ4n) is 2.61. The van der Waals surface area contributed by atoms with Crippen molar-refractivity contribution in [1.82, 2.24) is 5.32 Å². The van der Waals surface area contributed by atoms with Crippen LogP contribution in [-0.4, -0.2) is 29.4 Å². The van der Waals surface area contributed by atoms with Crippen molar-refractivity contribution in [3.05, 3.63) is 29.8 Å². The number of amides is 1. The number of rotatable bonds is 6. The average Bonchev–Trinajstić information content (AvgIpc) is 3.23. The Kier molecular flexibility index (Phi) is 5.05. The van der Waals surface area contributed by atoms with Crippen molar-refractivity contribution in [2.75, 3.05) is 0 Å². The van der Waals surface area contributed by atoms with E-state index in [1.54, 1.807) is 19.9 Å². The molecule has 1 saturated carbocycles. The maximum atomic E-state index is 12.4. The molecule has 0 aromatic heterocycles. The standard InChI is InChI=1S/C16H18F3NO4/c1-8(2)13(15(22)23)20-14(21)11-7-10(11)9-5-3-4-6-12(9)24-16(17,18)19/h3-6,8,10-11,13H,7H2,1-2H3,(H,20,21)(H,22,23). The lowest BCUT2D eigenvalue weighted by atomic mass is 10.0. The van der Waals surface area contributed by atoms with E-state index in [0.717, 1.165) is 0 Å². The number of para-hydroxylation sites is 1. The van der Waals surface area contributed by atoms with Gasteiger partial charge in [-0.15, -0.1) is 13.2 Å². The van der Waals surface area contributed by atoms with Gasteiger partial charge in [0, 0.05) is 5.92 Å². The van der Waals surface area contributed by atoms with Gasteiger partial charge in [-0.1, -0.05) is 32.0 Å². The molecule has 5 nitrogen and oxygen atoms in total. The summed E-state index contributed by atoms with van der Waals surface area (Å²) in [4.78, 5) is 23.3. The summed E-state index contributed by atoms with van der Waals surface area (Å²) >= 11 is 0. The molecule has 0 spiro atoms. The van der Waals surface area contributed by atoms with Crippen molar-refractivity contribution in [3.63, 3.8) is 0 Å². The number of hydrogen-bond acceptors (Lipinski definition) is 3. The summed E-state index contributed by atoms with van der Waals surface area (Å²) in [5, 5.41) is 11.5. The van der Waals surface area contributed by atoms with Crippen molar-refractivity contribution in [2.45, 2.75) is 38.6 Å². The molecule has 1 aromatic carbocycles. The largest absolute Gasteiger partial charge is 0.573 e. The van der Waals surface area contributed by atoms with Crippen LogP contribution in [0.25, 0.3) is 0 Å². The third kappa shape index (κ3) is 4.39. The molecule has 0 heterocycles. The van der Waals surface area contributed by atoms with Gasteiger partial charge in [-0.25, -0.2) is 4.79 Å². The number of aliphatic carboxylic acids is 1. The van der Waals surface area contributed by atoms with Gasteiger partial charge in [0.1, 0.15) is 11.8 Å². The lowest BCUT2D eigenvalue weighted by Crippen LogP contribution is -2.45. The molecule has 0 bridgehead atoms. The zero-order valence-electron chi connectivity index (χ0n) is 13.1. The first-order valence-electron chi connectivity index (χ1n) is 7.48. The number of carboxylic acid groups (broad SMARTS) is 1. The highest BCUT2D eigenvalue weighted by molar-refractivity contribution is 5.87. The van der Waals surface area contributed by atoms with Crippen LogP contribution in [0.5, 0.6) is 5.75 Å². The van der Waals surface area contributed by atoms with Crippen molar-refractivity contribution in [1.29, 1.82) is 0 Å². The number of carbonyl (C=O) groups excluding carboxylic acids is 1. The van der Waals surface area contributed by atoms with E-state index >= 15 is 0 Å². The molecule has 1 aliphatic carbocycles. The van der Waals surface area contributed by atoms with E-state index in [2.05, 4.69) is 10.1 Å². The zero-order valence-corrected chi connectivity index (χ0v) is 13.1. The van der Waals surface area contributed by atoms with E-state index in [9.17, 15) is 22.8 Å². The van der Waals surface area contributed by atoms with Crippen LogP contribution in [0.2, 0.25) is 0 Å². The van der Waals surface area contributed by atoms with Crippen molar-refractivity contribution >= 4 is 11.9 Å². The van der Waals surface area contributed by atoms with Crippen molar-refractivity contribution < 1.29 is 32.6 Å². The van der Waals surface area contributed by atoms with Crippen LogP contribution in [0, 0.1) is 11.8 Å². The number of ether oxygens (including phenoxy) is 1. The zero-order chi connectivity index (χ0) is 18.1. The average molecular weight is 345 g/mol. The van der Waals surface area contributed by atoms with E-state index < -0.39 is 36.1 Å². The third-order valence-electron chi connectivity index (χ3n) is 3.90. The molecule has 2 N–H and O–H groups in total. The summed E-state index contributed by atoms with van der Waals surface area (Å²) < 4.78 is 41.3. The summed E-state index contributed by atoms with van der Waals surface area (Å²) in [7, 11) is 0. The van der Waals surface area contributed by atoms with Crippen molar-refractivity contribution in [2.24, 2.45) is 11.8 Å². The Morgan fingerprint density at radius 3 is 2.46 bits per heavy atom. The molecular weight excluding hydrogens is 327 g/mol. The Morgan fingerprint density at radius 2 is 1.92 bits per heavy atom. The highest BCUT2D eigenvalue weighted by Crippen LogP contribution is 2.51. The van der Waals surface area contributed by atoms with E-state index in [1.165, 1.54) is 18.2 Å². The number of hydrogen-bond donors (Lipinski definition) is 2. The molecule has 1 aromatic rings. The molecule has 24 heavy (non-hydrogen) atoms. The summed E-state index contributed by atoms with van der Waals surface area (Å²) in [6.45, 7) is 3.33. The number of alkyl halides is 3. The molecule has 3 atom stereocenters. The predicted molar refractivity (Wildman–Crippen MR) is 78.4 cm³/mol. The Morgan fingerprint density at radius 1 is 1.29 bits per heavy atom. The van der Waals surface area contributed by atoms with Gasteiger partial charge in [0.05, 0.1) is 0 Å². The molecule has 0 saturated heterocycles. The van der Waals surface area contributed by atoms with Crippen LogP contribution in [0.3, 0.4) is 0 Å². The molecule has 1 fully saturated rings. The highest BCUT2D eigenvalue weighted by atomic mass is 19.4. The SMILES string of the molecule is CC(C)C(NC(=O)C1CC1c1ccccc1OC(F)(F)F)C(=O)O. The molecular formula is C16H18F3NO4. The molecule has 0 radical (unpaired) electrons. The predicted octanol–water partition coefficient (Wildman–Crippen LogP) is 2.91. The molecule has 2 rings (SSSR count). The summed E-state index contributed by atoms with van der Waals surface area (Å²) in [6, 6.07) is 4.64. The number of carbonyl (C=O) groups is 2. The van der Waals surface area contributed by atoms with Gasteiger partial charge in [-0.3, -0.25) is 4.79 Å². The van der Waals surface area contributed by atoms with Crippen LogP contribution < -0.4 is 10.1 Å². The molecule has 1 amide bonds. The summed E-state index contributed by atoms with van der Waals surface area (Å²) in [5.74, 6) is -3.21. The first-order chi connectivity index (χ1) is 11.1. The Bertz CT molecular complexity index is 630. The minimum atomic E-state index is -4.81. The molecule has 0 aliphatic heterocycles. The van der Waals surface area contributed by atoms with E-state index in [-0.39, 0.29) is 11.7 Å². The topological polar surface area (TPSA) is 75.6 Å². The fourth-order valence-corrected chi connectivity index (χ4v) is 2.61. The summed E-state index contributed by atoms with van der Waals surface area (Å²) in [5.41, 5.74) is 0.298. The molecule has 3 unspecified atom stereocenters. The highest BCUT2D eigenvalue weighted by Gasteiger charge is 2.47. The van der Waals surface area contributed by atoms with Crippen LogP contribution in [-0.2, 0) is 9.59 Å². The van der Waals surface area contributed by atoms with Crippen LogP contribution in [0.1, 0.15) is 31.7 Å². The van der Waals surface area contributed by atoms with Crippen LogP contribution >= 0.6 is 0 Å². The maximum absolute atomic E-state index is 12.4. The minimum Gasteiger partial charge on any atom is -0.480 e. The molecule has 132 valence electrons. The van der Waals surface area contributed by atoms with Gasteiger partial charge in [-0.2, -0.15) is 0 Å².